The molecule has 0 aliphatic heterocycles. The number of hydrogen-bond donors (Lipinski definition) is 8. The molecule has 0 aromatic heterocycles. The summed E-state index contributed by atoms with van der Waals surface area (Å²) in [5.74, 6) is -0.346. The molecule has 278 valence electrons. The van der Waals surface area contributed by atoms with Gasteiger partial charge in [-0.1, -0.05) is 129 Å². The van der Waals surface area contributed by atoms with Crippen molar-refractivity contribution in [3.63, 3.8) is 0 Å². The SMILES string of the molecule is CCCCCCCCC/C=C/[C@@H](O)[C@H](COP(=O)(O)OC1C(O)C(O)C(O)[C@@H](O)C1O)NC(=O)CCCCCCCCCCCCC. The molecule has 9 atom stereocenters. The number of nitrogens with one attached hydrogen (secondary N) is 1. The van der Waals surface area contributed by atoms with E-state index in [4.69, 9.17) is 9.05 Å². The monoisotopic (exact) mass is 695 g/mol. The van der Waals surface area contributed by atoms with Gasteiger partial charge in [0.25, 0.3) is 0 Å². The quantitative estimate of drug-likeness (QED) is 0.0324. The number of carbonyl (C=O) groups is 1. The standard InChI is InChI=1S/C34H66NO11P/c1-3-5-7-9-11-13-14-16-18-20-22-24-28(37)35-26(27(36)23-21-19-17-15-12-10-8-6-4-2)25-45-47(43,44)46-34-32(41)30(39)29(38)31(40)33(34)42/h21,23,26-27,29-34,36,38-42H,3-20,22,24-25H2,1-2H3,(H,35,37)(H,43,44)/b23-21+/t26-,27+,29?,30+,31?,32?,33?,34?/m0/s1. The highest BCUT2D eigenvalue weighted by atomic mass is 31.2. The van der Waals surface area contributed by atoms with E-state index in [1.165, 1.54) is 76.7 Å². The number of allylic oxidation sites excluding steroid dienone is 1. The first-order valence-corrected chi connectivity index (χ1v) is 19.6. The van der Waals surface area contributed by atoms with Gasteiger partial charge in [-0.3, -0.25) is 13.8 Å². The molecule has 1 fully saturated rings. The van der Waals surface area contributed by atoms with Crippen molar-refractivity contribution in [3.8, 4) is 0 Å². The number of phosphoric acid groups is 1. The van der Waals surface area contributed by atoms with Crippen LogP contribution in [0.15, 0.2) is 12.2 Å². The van der Waals surface area contributed by atoms with Gasteiger partial charge in [-0.2, -0.15) is 0 Å². The van der Waals surface area contributed by atoms with Gasteiger partial charge in [0.1, 0.15) is 36.6 Å². The van der Waals surface area contributed by atoms with Gasteiger partial charge >= 0.3 is 7.82 Å². The lowest BCUT2D eigenvalue weighted by atomic mass is 9.85. The minimum atomic E-state index is -5.06. The molecule has 8 N–H and O–H groups in total. The smallest absolute Gasteiger partial charge is 0.387 e. The third-order valence-corrected chi connectivity index (χ3v) is 9.80. The van der Waals surface area contributed by atoms with Crippen molar-refractivity contribution in [1.82, 2.24) is 5.32 Å². The van der Waals surface area contributed by atoms with E-state index in [2.05, 4.69) is 19.2 Å². The number of unbranched alkanes of at least 4 members (excludes halogenated alkanes) is 17. The Morgan fingerprint density at radius 1 is 0.702 bits per heavy atom. The highest BCUT2D eigenvalue weighted by Crippen LogP contribution is 2.47. The van der Waals surface area contributed by atoms with Crippen LogP contribution in [0.5, 0.6) is 0 Å². The fraction of sp³-hybridized carbons (Fsp3) is 0.912. The summed E-state index contributed by atoms with van der Waals surface area (Å²) in [5.41, 5.74) is 0. The highest BCUT2D eigenvalue weighted by molar-refractivity contribution is 7.47. The van der Waals surface area contributed by atoms with Crippen LogP contribution in [0.25, 0.3) is 0 Å². The Balaban J connectivity index is 2.64. The van der Waals surface area contributed by atoms with E-state index in [9.17, 15) is 44.9 Å². The molecule has 6 unspecified atom stereocenters. The minimum Gasteiger partial charge on any atom is -0.387 e. The molecule has 12 nitrogen and oxygen atoms in total. The molecular weight excluding hydrogens is 629 g/mol. The lowest BCUT2D eigenvalue weighted by Crippen LogP contribution is -2.64. The number of rotatable bonds is 28. The van der Waals surface area contributed by atoms with E-state index in [1.54, 1.807) is 6.08 Å². The molecule has 13 heteroatoms. The molecule has 0 bridgehead atoms. The number of aliphatic hydroxyl groups is 6. The molecule has 1 saturated carbocycles. The van der Waals surface area contributed by atoms with Crippen molar-refractivity contribution in [2.45, 2.75) is 191 Å². The van der Waals surface area contributed by atoms with Crippen molar-refractivity contribution in [1.29, 1.82) is 0 Å². The van der Waals surface area contributed by atoms with Crippen LogP contribution >= 0.6 is 7.82 Å². The van der Waals surface area contributed by atoms with Crippen LogP contribution < -0.4 is 5.32 Å². The Morgan fingerprint density at radius 3 is 1.62 bits per heavy atom. The molecule has 1 aliphatic carbocycles. The van der Waals surface area contributed by atoms with Crippen molar-refractivity contribution in [2.24, 2.45) is 0 Å². The van der Waals surface area contributed by atoms with Crippen LogP contribution in [-0.4, -0.2) is 96.8 Å². The van der Waals surface area contributed by atoms with Gasteiger partial charge in [0.2, 0.25) is 5.91 Å². The van der Waals surface area contributed by atoms with E-state index in [0.29, 0.717) is 6.42 Å². The Morgan fingerprint density at radius 2 is 1.13 bits per heavy atom. The fourth-order valence-corrected chi connectivity index (χ4v) is 6.69. The number of hydrogen-bond acceptors (Lipinski definition) is 10. The third-order valence-electron chi connectivity index (χ3n) is 8.82. The van der Waals surface area contributed by atoms with Crippen molar-refractivity contribution >= 4 is 13.7 Å². The van der Waals surface area contributed by atoms with Crippen LogP contribution in [0.1, 0.15) is 142 Å². The summed E-state index contributed by atoms with van der Waals surface area (Å²) in [5, 5.41) is 63.4. The number of amides is 1. The van der Waals surface area contributed by atoms with Crippen LogP contribution in [0.4, 0.5) is 0 Å². The minimum absolute atomic E-state index is 0.216. The van der Waals surface area contributed by atoms with Crippen LogP contribution in [0.2, 0.25) is 0 Å². The second-order valence-corrected chi connectivity index (χ2v) is 14.5. The van der Waals surface area contributed by atoms with Gasteiger partial charge in [0, 0.05) is 6.42 Å². The van der Waals surface area contributed by atoms with Gasteiger partial charge in [-0.15, -0.1) is 0 Å². The first-order chi connectivity index (χ1) is 22.4. The molecule has 0 aromatic carbocycles. The summed E-state index contributed by atoms with van der Waals surface area (Å²) < 4.78 is 22.7. The summed E-state index contributed by atoms with van der Waals surface area (Å²) in [7, 11) is -5.06. The molecule has 0 aromatic rings. The van der Waals surface area contributed by atoms with Crippen molar-refractivity contribution < 1.29 is 53.9 Å². The zero-order valence-electron chi connectivity index (χ0n) is 28.8. The van der Waals surface area contributed by atoms with Gasteiger partial charge in [0.15, 0.2) is 0 Å². The summed E-state index contributed by atoms with van der Waals surface area (Å²) >= 11 is 0. The fourth-order valence-electron chi connectivity index (χ4n) is 5.72. The molecule has 0 spiro atoms. The molecule has 0 heterocycles. The topological polar surface area (TPSA) is 206 Å². The predicted octanol–water partition coefficient (Wildman–Crippen LogP) is 4.55. The Kier molecular flexibility index (Phi) is 24.4. The van der Waals surface area contributed by atoms with Crippen LogP contribution in [-0.2, 0) is 18.4 Å². The maximum Gasteiger partial charge on any atom is 0.472 e. The molecule has 1 aliphatic rings. The summed E-state index contributed by atoms with van der Waals surface area (Å²) in [4.78, 5) is 23.1. The number of carbonyl (C=O) groups excluding carboxylic acids is 1. The second kappa shape index (κ2) is 26.0. The first-order valence-electron chi connectivity index (χ1n) is 18.1. The van der Waals surface area contributed by atoms with Gasteiger partial charge in [-0.25, -0.2) is 4.57 Å². The number of aliphatic hydroxyl groups excluding tert-OH is 6. The predicted molar refractivity (Wildman–Crippen MR) is 181 cm³/mol. The lowest BCUT2D eigenvalue weighted by Gasteiger charge is -2.41. The van der Waals surface area contributed by atoms with Crippen LogP contribution in [0, 0.1) is 0 Å². The van der Waals surface area contributed by atoms with E-state index in [-0.39, 0.29) is 12.3 Å². The molecule has 0 saturated heterocycles. The van der Waals surface area contributed by atoms with Crippen molar-refractivity contribution in [3.05, 3.63) is 12.2 Å². The van der Waals surface area contributed by atoms with E-state index >= 15 is 0 Å². The zero-order valence-corrected chi connectivity index (χ0v) is 29.7. The third kappa shape index (κ3) is 19.2. The Bertz CT molecular complexity index is 863. The van der Waals surface area contributed by atoms with Gasteiger partial charge < -0.3 is 40.8 Å². The summed E-state index contributed by atoms with van der Waals surface area (Å²) in [6.45, 7) is 3.74. The molecule has 1 amide bonds. The lowest BCUT2D eigenvalue weighted by molar-refractivity contribution is -0.220. The summed E-state index contributed by atoms with van der Waals surface area (Å²) in [6.07, 6.45) is 11.8. The largest absolute Gasteiger partial charge is 0.472 e. The van der Waals surface area contributed by atoms with E-state index in [0.717, 1.165) is 44.9 Å². The van der Waals surface area contributed by atoms with Crippen LogP contribution in [0.3, 0.4) is 0 Å². The van der Waals surface area contributed by atoms with Crippen molar-refractivity contribution in [2.75, 3.05) is 6.61 Å². The van der Waals surface area contributed by atoms with Gasteiger partial charge in [-0.05, 0) is 19.3 Å². The second-order valence-electron chi connectivity index (χ2n) is 13.1. The van der Waals surface area contributed by atoms with Gasteiger partial charge in [0.05, 0.1) is 18.8 Å². The molecule has 47 heavy (non-hydrogen) atoms. The molecular formula is C34H66NO11P. The molecule has 0 radical (unpaired) electrons. The Hall–Kier alpha value is -0.920. The number of phosphoric ester groups is 1. The first kappa shape index (κ1) is 44.1. The Labute approximate surface area is 282 Å². The average molecular weight is 696 g/mol. The highest BCUT2D eigenvalue weighted by Gasteiger charge is 2.51. The average Bonchev–Trinajstić information content (AvgIpc) is 3.04. The molecule has 1 rings (SSSR count). The summed E-state index contributed by atoms with van der Waals surface area (Å²) in [6, 6.07) is -1.11. The maximum atomic E-state index is 12.8. The maximum absolute atomic E-state index is 12.8. The zero-order chi connectivity index (χ0) is 35.1. The normalized spacial score (nSPS) is 25.9. The van der Waals surface area contributed by atoms with E-state index < -0.39 is 63.2 Å². The van der Waals surface area contributed by atoms with E-state index in [1.807, 2.05) is 0 Å².